The number of aromatic nitrogens is 4. The normalized spacial score (nSPS) is 11.8. The highest BCUT2D eigenvalue weighted by atomic mass is 15.3. The molecule has 2 aromatic heterocycles. The highest BCUT2D eigenvalue weighted by Gasteiger charge is 2.16. The Labute approximate surface area is 95.4 Å². The Balaban J connectivity index is 2.49. The molecule has 0 saturated carbocycles. The van der Waals surface area contributed by atoms with E-state index in [1.807, 2.05) is 23.9 Å². The smallest absolute Gasteiger partial charge is 0.116 e. The van der Waals surface area contributed by atoms with Crippen LogP contribution in [0.25, 0.3) is 11.4 Å². The number of rotatable bonds is 1. The van der Waals surface area contributed by atoms with Gasteiger partial charge in [0.1, 0.15) is 6.33 Å². The maximum Gasteiger partial charge on any atom is 0.116 e. The summed E-state index contributed by atoms with van der Waals surface area (Å²) in [5.41, 5.74) is 3.00. The van der Waals surface area contributed by atoms with E-state index < -0.39 is 0 Å². The maximum absolute atomic E-state index is 4.31. The lowest BCUT2D eigenvalue weighted by Crippen LogP contribution is -2.14. The van der Waals surface area contributed by atoms with Gasteiger partial charge in [0.05, 0.1) is 11.4 Å². The molecule has 0 N–H and O–H groups in total. The molecule has 0 atom stereocenters. The average Bonchev–Trinajstić information content (AvgIpc) is 2.63. The fourth-order valence-corrected chi connectivity index (χ4v) is 1.53. The van der Waals surface area contributed by atoms with Gasteiger partial charge in [-0.25, -0.2) is 9.97 Å². The molecule has 0 aromatic carbocycles. The van der Waals surface area contributed by atoms with E-state index >= 15 is 0 Å². The van der Waals surface area contributed by atoms with Gasteiger partial charge < -0.3 is 0 Å². The third-order valence-corrected chi connectivity index (χ3v) is 2.52. The molecule has 4 heteroatoms. The predicted octanol–water partition coefficient (Wildman–Crippen LogP) is 2.17. The van der Waals surface area contributed by atoms with E-state index in [0.29, 0.717) is 0 Å². The van der Waals surface area contributed by atoms with Crippen LogP contribution in [0.4, 0.5) is 0 Å². The number of hydrogen-bond donors (Lipinski definition) is 0. The average molecular weight is 216 g/mol. The van der Waals surface area contributed by atoms with Crippen molar-refractivity contribution in [2.45, 2.75) is 26.2 Å². The minimum absolute atomic E-state index is 0.0380. The standard InChI is InChI=1S/C12H16N4/c1-12(2,3)11-7-9(13-8-14-11)10-5-6-15-16(10)4/h5-8H,1-4H3. The molecule has 4 nitrogen and oxygen atoms in total. The Kier molecular flexibility index (Phi) is 2.50. The molecule has 0 fully saturated rings. The molecule has 0 aliphatic carbocycles. The second-order valence-corrected chi connectivity index (χ2v) is 4.88. The Morgan fingerprint density at radius 2 is 1.94 bits per heavy atom. The summed E-state index contributed by atoms with van der Waals surface area (Å²) in [7, 11) is 1.91. The second kappa shape index (κ2) is 3.70. The molecule has 0 bridgehead atoms. The van der Waals surface area contributed by atoms with Crippen molar-refractivity contribution in [1.82, 2.24) is 19.7 Å². The molecular formula is C12H16N4. The second-order valence-electron chi connectivity index (χ2n) is 4.88. The van der Waals surface area contributed by atoms with Gasteiger partial charge in [-0.05, 0) is 12.1 Å². The molecule has 16 heavy (non-hydrogen) atoms. The van der Waals surface area contributed by atoms with Crippen LogP contribution in [0.5, 0.6) is 0 Å². The van der Waals surface area contributed by atoms with Crippen LogP contribution in [-0.2, 0) is 12.5 Å². The first-order valence-corrected chi connectivity index (χ1v) is 5.29. The van der Waals surface area contributed by atoms with Gasteiger partial charge in [-0.1, -0.05) is 20.8 Å². The first-order valence-electron chi connectivity index (χ1n) is 5.29. The lowest BCUT2D eigenvalue weighted by atomic mass is 9.91. The molecule has 0 amide bonds. The molecule has 84 valence electrons. The molecule has 0 aliphatic heterocycles. The maximum atomic E-state index is 4.31. The van der Waals surface area contributed by atoms with Crippen LogP contribution in [0.2, 0.25) is 0 Å². The SMILES string of the molecule is Cn1nccc1-c1cc(C(C)(C)C)ncn1. The quantitative estimate of drug-likeness (QED) is 0.733. The molecule has 2 heterocycles. The van der Waals surface area contributed by atoms with E-state index in [1.54, 1.807) is 12.5 Å². The minimum Gasteiger partial charge on any atom is -0.266 e. The van der Waals surface area contributed by atoms with Gasteiger partial charge in [0.2, 0.25) is 0 Å². The zero-order chi connectivity index (χ0) is 11.8. The van der Waals surface area contributed by atoms with Gasteiger partial charge in [-0.2, -0.15) is 5.10 Å². The van der Waals surface area contributed by atoms with Crippen molar-refractivity contribution in [3.8, 4) is 11.4 Å². The largest absolute Gasteiger partial charge is 0.266 e. The van der Waals surface area contributed by atoms with Gasteiger partial charge in [0.25, 0.3) is 0 Å². The van der Waals surface area contributed by atoms with Crippen molar-refractivity contribution in [3.63, 3.8) is 0 Å². The van der Waals surface area contributed by atoms with E-state index in [9.17, 15) is 0 Å². The summed E-state index contributed by atoms with van der Waals surface area (Å²) < 4.78 is 1.81. The Bertz CT molecular complexity index is 494. The Morgan fingerprint density at radius 3 is 2.50 bits per heavy atom. The van der Waals surface area contributed by atoms with Gasteiger partial charge in [-0.3, -0.25) is 4.68 Å². The summed E-state index contributed by atoms with van der Waals surface area (Å²) in [5, 5.41) is 4.14. The third kappa shape index (κ3) is 1.96. The zero-order valence-electron chi connectivity index (χ0n) is 10.1. The first-order chi connectivity index (χ1) is 7.48. The zero-order valence-corrected chi connectivity index (χ0v) is 10.1. The van der Waals surface area contributed by atoms with Crippen molar-refractivity contribution in [3.05, 3.63) is 30.4 Å². The molecule has 0 aliphatic rings. The van der Waals surface area contributed by atoms with Crippen molar-refractivity contribution < 1.29 is 0 Å². The summed E-state index contributed by atoms with van der Waals surface area (Å²) >= 11 is 0. The summed E-state index contributed by atoms with van der Waals surface area (Å²) in [6, 6.07) is 3.98. The van der Waals surface area contributed by atoms with Crippen LogP contribution in [0.15, 0.2) is 24.7 Å². The van der Waals surface area contributed by atoms with Crippen LogP contribution < -0.4 is 0 Å². The van der Waals surface area contributed by atoms with E-state index in [2.05, 4.69) is 35.8 Å². The third-order valence-electron chi connectivity index (χ3n) is 2.52. The summed E-state index contributed by atoms with van der Waals surface area (Å²) in [4.78, 5) is 8.59. The highest BCUT2D eigenvalue weighted by Crippen LogP contribution is 2.23. The van der Waals surface area contributed by atoms with Crippen LogP contribution in [0.1, 0.15) is 26.5 Å². The number of nitrogens with zero attached hydrogens (tertiary/aromatic N) is 4. The molecule has 0 radical (unpaired) electrons. The topological polar surface area (TPSA) is 43.6 Å². The van der Waals surface area contributed by atoms with Crippen molar-refractivity contribution in [1.29, 1.82) is 0 Å². The lowest BCUT2D eigenvalue weighted by molar-refractivity contribution is 0.567. The summed E-state index contributed by atoms with van der Waals surface area (Å²) in [6.45, 7) is 6.42. The number of hydrogen-bond acceptors (Lipinski definition) is 3. The highest BCUT2D eigenvalue weighted by molar-refractivity contribution is 5.54. The summed E-state index contributed by atoms with van der Waals surface area (Å²) in [5.74, 6) is 0. The first kappa shape index (κ1) is 10.8. The van der Waals surface area contributed by atoms with Crippen LogP contribution in [0, 0.1) is 0 Å². The Morgan fingerprint density at radius 1 is 1.19 bits per heavy atom. The van der Waals surface area contributed by atoms with Crippen LogP contribution >= 0.6 is 0 Å². The number of aryl methyl sites for hydroxylation is 1. The predicted molar refractivity (Wildman–Crippen MR) is 62.9 cm³/mol. The van der Waals surface area contributed by atoms with Crippen molar-refractivity contribution in [2.24, 2.45) is 7.05 Å². The van der Waals surface area contributed by atoms with E-state index in [0.717, 1.165) is 17.1 Å². The van der Waals surface area contributed by atoms with E-state index in [-0.39, 0.29) is 5.41 Å². The lowest BCUT2D eigenvalue weighted by Gasteiger charge is -2.17. The van der Waals surface area contributed by atoms with Gasteiger partial charge in [0, 0.05) is 24.4 Å². The van der Waals surface area contributed by atoms with Gasteiger partial charge >= 0.3 is 0 Å². The molecule has 0 unspecified atom stereocenters. The van der Waals surface area contributed by atoms with Crippen molar-refractivity contribution >= 4 is 0 Å². The summed E-state index contributed by atoms with van der Waals surface area (Å²) in [6.07, 6.45) is 3.39. The minimum atomic E-state index is 0.0380. The fourth-order valence-electron chi connectivity index (χ4n) is 1.53. The fraction of sp³-hybridized carbons (Fsp3) is 0.417. The monoisotopic (exact) mass is 216 g/mol. The van der Waals surface area contributed by atoms with Crippen molar-refractivity contribution in [2.75, 3.05) is 0 Å². The Hall–Kier alpha value is -1.71. The van der Waals surface area contributed by atoms with Gasteiger partial charge in [0.15, 0.2) is 0 Å². The van der Waals surface area contributed by atoms with Gasteiger partial charge in [-0.15, -0.1) is 0 Å². The van der Waals surface area contributed by atoms with E-state index in [4.69, 9.17) is 0 Å². The molecular weight excluding hydrogens is 200 g/mol. The molecule has 0 spiro atoms. The van der Waals surface area contributed by atoms with Crippen LogP contribution in [-0.4, -0.2) is 19.7 Å². The molecule has 2 aromatic rings. The molecule has 2 rings (SSSR count). The molecule has 0 saturated heterocycles. The van der Waals surface area contributed by atoms with E-state index in [1.165, 1.54) is 0 Å². The van der Waals surface area contributed by atoms with Crippen LogP contribution in [0.3, 0.4) is 0 Å².